The number of carbonyl (C=O) groups is 2. The molecule has 0 heterocycles. The summed E-state index contributed by atoms with van der Waals surface area (Å²) in [6.45, 7) is 1.46. The number of rotatable bonds is 2. The molecular weight excluding hydrogens is 132 g/mol. The zero-order chi connectivity index (χ0) is 7.72. The first-order valence-corrected chi connectivity index (χ1v) is 3.36. The highest BCUT2D eigenvalue weighted by molar-refractivity contribution is 5.86. The number of aliphatic carboxylic acids is 1. The maximum atomic E-state index is 10.7. The molecular formula is C7H10O3. The zero-order valence-corrected chi connectivity index (χ0v) is 5.83. The molecule has 1 aliphatic carbocycles. The van der Waals surface area contributed by atoms with E-state index in [1.165, 1.54) is 6.92 Å². The number of Topliss-reactive ketones (excluding diaryl/α,β-unsaturated/α-hetero) is 1. The fraction of sp³-hybridized carbons (Fsp3) is 0.714. The van der Waals surface area contributed by atoms with Crippen molar-refractivity contribution in [1.82, 2.24) is 0 Å². The lowest BCUT2D eigenvalue weighted by molar-refractivity contribution is -0.151. The molecule has 56 valence electrons. The second-order valence-electron chi connectivity index (χ2n) is 2.74. The normalized spacial score (nSPS) is 30.9. The van der Waals surface area contributed by atoms with Crippen LogP contribution in [0.4, 0.5) is 0 Å². The monoisotopic (exact) mass is 142 g/mol. The van der Waals surface area contributed by atoms with Gasteiger partial charge in [-0.05, 0) is 19.8 Å². The molecule has 1 rings (SSSR count). The van der Waals surface area contributed by atoms with Crippen molar-refractivity contribution in [1.29, 1.82) is 0 Å². The van der Waals surface area contributed by atoms with Crippen LogP contribution in [-0.2, 0) is 9.59 Å². The van der Waals surface area contributed by atoms with Gasteiger partial charge in [-0.15, -0.1) is 0 Å². The summed E-state index contributed by atoms with van der Waals surface area (Å²) in [7, 11) is 0. The van der Waals surface area contributed by atoms with E-state index >= 15 is 0 Å². The van der Waals surface area contributed by atoms with Crippen molar-refractivity contribution in [2.45, 2.75) is 19.8 Å². The van der Waals surface area contributed by atoms with Crippen LogP contribution >= 0.6 is 0 Å². The number of hydrogen-bond acceptors (Lipinski definition) is 2. The summed E-state index contributed by atoms with van der Waals surface area (Å²) in [4.78, 5) is 21.0. The zero-order valence-electron chi connectivity index (χ0n) is 5.83. The van der Waals surface area contributed by atoms with Gasteiger partial charge in [-0.25, -0.2) is 0 Å². The van der Waals surface area contributed by atoms with Crippen LogP contribution in [0, 0.1) is 11.8 Å². The second kappa shape index (κ2) is 2.40. The molecule has 1 saturated carbocycles. The molecule has 1 fully saturated rings. The minimum absolute atomic E-state index is 0.0126. The summed E-state index contributed by atoms with van der Waals surface area (Å²) < 4.78 is 0. The standard InChI is InChI=1S/C7H10O3/c1-4(8)5-2-3-6(5)7(9)10/h5-6H,2-3H2,1H3,(H,9,10). The summed E-state index contributed by atoms with van der Waals surface area (Å²) in [5, 5.41) is 8.50. The van der Waals surface area contributed by atoms with Crippen LogP contribution in [0.5, 0.6) is 0 Å². The van der Waals surface area contributed by atoms with Crippen LogP contribution < -0.4 is 0 Å². The quantitative estimate of drug-likeness (QED) is 0.617. The fourth-order valence-corrected chi connectivity index (χ4v) is 1.28. The lowest BCUT2D eigenvalue weighted by Gasteiger charge is -2.30. The number of carbonyl (C=O) groups excluding carboxylic acids is 1. The van der Waals surface area contributed by atoms with Gasteiger partial charge in [-0.2, -0.15) is 0 Å². The van der Waals surface area contributed by atoms with E-state index in [1.807, 2.05) is 0 Å². The maximum Gasteiger partial charge on any atom is 0.307 e. The SMILES string of the molecule is CC(=O)C1CCC1C(=O)O. The van der Waals surface area contributed by atoms with E-state index in [0.29, 0.717) is 6.42 Å². The van der Waals surface area contributed by atoms with E-state index in [9.17, 15) is 9.59 Å². The van der Waals surface area contributed by atoms with Gasteiger partial charge < -0.3 is 5.11 Å². The largest absolute Gasteiger partial charge is 0.481 e. The van der Waals surface area contributed by atoms with Crippen molar-refractivity contribution < 1.29 is 14.7 Å². The van der Waals surface area contributed by atoms with Gasteiger partial charge in [-0.3, -0.25) is 9.59 Å². The van der Waals surface area contributed by atoms with Gasteiger partial charge in [0.05, 0.1) is 5.92 Å². The summed E-state index contributed by atoms with van der Waals surface area (Å²) >= 11 is 0. The van der Waals surface area contributed by atoms with Crippen molar-refractivity contribution in [3.63, 3.8) is 0 Å². The maximum absolute atomic E-state index is 10.7. The second-order valence-corrected chi connectivity index (χ2v) is 2.74. The molecule has 1 aliphatic rings. The molecule has 0 aromatic heterocycles. The lowest BCUT2D eigenvalue weighted by atomic mass is 9.72. The Bertz CT molecular complexity index is 154. The van der Waals surface area contributed by atoms with Crippen molar-refractivity contribution in [2.75, 3.05) is 0 Å². The van der Waals surface area contributed by atoms with E-state index < -0.39 is 11.9 Å². The van der Waals surface area contributed by atoms with Crippen LogP contribution in [0.15, 0.2) is 0 Å². The molecule has 3 nitrogen and oxygen atoms in total. The Morgan fingerprint density at radius 3 is 1.90 bits per heavy atom. The summed E-state index contributed by atoms with van der Waals surface area (Å²) in [5.74, 6) is -1.40. The first-order chi connectivity index (χ1) is 4.63. The molecule has 1 N–H and O–H groups in total. The Morgan fingerprint density at radius 1 is 1.30 bits per heavy atom. The van der Waals surface area contributed by atoms with Crippen LogP contribution in [0.3, 0.4) is 0 Å². The predicted molar refractivity (Wildman–Crippen MR) is 34.5 cm³/mol. The van der Waals surface area contributed by atoms with E-state index in [1.54, 1.807) is 0 Å². The van der Waals surface area contributed by atoms with E-state index in [2.05, 4.69) is 0 Å². The molecule has 0 aliphatic heterocycles. The van der Waals surface area contributed by atoms with Gasteiger partial charge in [0.15, 0.2) is 0 Å². The summed E-state index contributed by atoms with van der Waals surface area (Å²) in [6, 6.07) is 0. The third-order valence-corrected chi connectivity index (χ3v) is 2.11. The number of carboxylic acids is 1. The molecule has 0 aromatic carbocycles. The van der Waals surface area contributed by atoms with Gasteiger partial charge in [-0.1, -0.05) is 0 Å². The Hall–Kier alpha value is -0.860. The van der Waals surface area contributed by atoms with E-state index in [0.717, 1.165) is 6.42 Å². The third kappa shape index (κ3) is 1.03. The summed E-state index contributed by atoms with van der Waals surface area (Å²) in [6.07, 6.45) is 1.42. The number of hydrogen-bond donors (Lipinski definition) is 1. The van der Waals surface area contributed by atoms with Crippen molar-refractivity contribution in [3.8, 4) is 0 Å². The van der Waals surface area contributed by atoms with E-state index in [4.69, 9.17) is 5.11 Å². The molecule has 3 heteroatoms. The Kier molecular flexibility index (Phi) is 1.74. The molecule has 2 atom stereocenters. The molecule has 0 spiro atoms. The first-order valence-electron chi connectivity index (χ1n) is 3.36. The summed E-state index contributed by atoms with van der Waals surface area (Å²) in [5.41, 5.74) is 0. The molecule has 0 bridgehead atoms. The highest BCUT2D eigenvalue weighted by atomic mass is 16.4. The Balaban J connectivity index is 2.51. The average Bonchev–Trinajstić information content (AvgIpc) is 1.56. The minimum atomic E-state index is -0.827. The van der Waals surface area contributed by atoms with Crippen LogP contribution in [-0.4, -0.2) is 16.9 Å². The smallest absolute Gasteiger partial charge is 0.307 e. The molecule has 0 saturated heterocycles. The van der Waals surface area contributed by atoms with Crippen molar-refractivity contribution in [2.24, 2.45) is 11.8 Å². The minimum Gasteiger partial charge on any atom is -0.481 e. The van der Waals surface area contributed by atoms with Crippen LogP contribution in [0.2, 0.25) is 0 Å². The van der Waals surface area contributed by atoms with Crippen LogP contribution in [0.1, 0.15) is 19.8 Å². The number of ketones is 1. The van der Waals surface area contributed by atoms with Gasteiger partial charge in [0.2, 0.25) is 0 Å². The molecule has 0 radical (unpaired) electrons. The topological polar surface area (TPSA) is 54.4 Å². The third-order valence-electron chi connectivity index (χ3n) is 2.11. The van der Waals surface area contributed by atoms with Gasteiger partial charge in [0.25, 0.3) is 0 Å². The van der Waals surface area contributed by atoms with Gasteiger partial charge in [0, 0.05) is 5.92 Å². The van der Waals surface area contributed by atoms with Crippen LogP contribution in [0.25, 0.3) is 0 Å². The molecule has 10 heavy (non-hydrogen) atoms. The van der Waals surface area contributed by atoms with Gasteiger partial charge in [0.1, 0.15) is 5.78 Å². The van der Waals surface area contributed by atoms with Crippen molar-refractivity contribution >= 4 is 11.8 Å². The predicted octanol–water partition coefficient (Wildman–Crippen LogP) is 0.686. The lowest BCUT2D eigenvalue weighted by Crippen LogP contribution is -2.36. The Labute approximate surface area is 59.0 Å². The molecule has 0 aromatic rings. The number of carboxylic acid groups (broad SMARTS) is 1. The highest BCUT2D eigenvalue weighted by Gasteiger charge is 2.39. The molecule has 2 unspecified atom stereocenters. The fourth-order valence-electron chi connectivity index (χ4n) is 1.28. The first kappa shape index (κ1) is 7.25. The molecule has 0 amide bonds. The van der Waals surface area contributed by atoms with E-state index in [-0.39, 0.29) is 11.7 Å². The highest BCUT2D eigenvalue weighted by Crippen LogP contribution is 2.34. The van der Waals surface area contributed by atoms with Gasteiger partial charge >= 0.3 is 5.97 Å². The Morgan fingerprint density at radius 2 is 1.80 bits per heavy atom. The average molecular weight is 142 g/mol. The van der Waals surface area contributed by atoms with Crippen molar-refractivity contribution in [3.05, 3.63) is 0 Å².